The Bertz CT molecular complexity index is 889. The minimum absolute atomic E-state index is 0.0464. The lowest BCUT2D eigenvalue weighted by Crippen LogP contribution is -2.15. The van der Waals surface area contributed by atoms with Crippen molar-refractivity contribution in [3.05, 3.63) is 58.3 Å². The first-order chi connectivity index (χ1) is 10.2. The first-order valence-electron chi connectivity index (χ1n) is 7.19. The molecule has 4 heteroatoms. The third-order valence-electron chi connectivity index (χ3n) is 4.02. The Hall–Kier alpha value is -2.49. The molecule has 104 valence electrons. The zero-order chi connectivity index (χ0) is 14.4. The van der Waals surface area contributed by atoms with E-state index in [4.69, 9.17) is 4.98 Å². The van der Waals surface area contributed by atoms with Crippen LogP contribution in [0.3, 0.4) is 0 Å². The predicted octanol–water partition coefficient (Wildman–Crippen LogP) is 3.17. The summed E-state index contributed by atoms with van der Waals surface area (Å²) >= 11 is 0. The number of hydrogen-bond acceptors (Lipinski definition) is 3. The second-order valence-electron chi connectivity index (χ2n) is 5.58. The van der Waals surface area contributed by atoms with Gasteiger partial charge in [-0.3, -0.25) is 9.78 Å². The first kappa shape index (κ1) is 12.3. The van der Waals surface area contributed by atoms with Crippen LogP contribution in [-0.2, 0) is 0 Å². The van der Waals surface area contributed by atoms with Gasteiger partial charge in [-0.05, 0) is 25.8 Å². The molecule has 0 amide bonds. The number of rotatable bonds is 2. The van der Waals surface area contributed by atoms with Gasteiger partial charge in [-0.1, -0.05) is 24.3 Å². The second kappa shape index (κ2) is 4.52. The Morgan fingerprint density at radius 2 is 2.00 bits per heavy atom. The van der Waals surface area contributed by atoms with Crippen molar-refractivity contribution < 1.29 is 0 Å². The molecule has 1 N–H and O–H groups in total. The summed E-state index contributed by atoms with van der Waals surface area (Å²) in [6, 6.07) is 9.94. The van der Waals surface area contributed by atoms with E-state index in [0.29, 0.717) is 11.5 Å². The number of pyridine rings is 1. The highest BCUT2D eigenvalue weighted by molar-refractivity contribution is 5.93. The lowest BCUT2D eigenvalue weighted by molar-refractivity contribution is 0.901. The van der Waals surface area contributed by atoms with E-state index in [1.165, 1.54) is 0 Å². The van der Waals surface area contributed by atoms with Gasteiger partial charge in [0.2, 0.25) is 0 Å². The van der Waals surface area contributed by atoms with Crippen LogP contribution in [0.4, 0.5) is 0 Å². The number of aromatic amines is 1. The van der Waals surface area contributed by atoms with E-state index in [-0.39, 0.29) is 5.56 Å². The molecule has 21 heavy (non-hydrogen) atoms. The maximum absolute atomic E-state index is 12.2. The summed E-state index contributed by atoms with van der Waals surface area (Å²) in [5, 5.41) is 1.06. The van der Waals surface area contributed by atoms with Crippen molar-refractivity contribution in [2.24, 2.45) is 0 Å². The molecule has 0 radical (unpaired) electrons. The van der Waals surface area contributed by atoms with Crippen molar-refractivity contribution in [3.63, 3.8) is 0 Å². The molecule has 1 aliphatic carbocycles. The maximum atomic E-state index is 12.2. The summed E-state index contributed by atoms with van der Waals surface area (Å²) in [5.41, 5.74) is 3.18. The van der Waals surface area contributed by atoms with Crippen molar-refractivity contribution >= 4 is 10.9 Å². The molecule has 1 saturated carbocycles. The van der Waals surface area contributed by atoms with E-state index in [1.54, 1.807) is 6.20 Å². The van der Waals surface area contributed by atoms with Gasteiger partial charge in [0.05, 0.1) is 11.2 Å². The van der Waals surface area contributed by atoms with Gasteiger partial charge in [0.15, 0.2) is 0 Å². The van der Waals surface area contributed by atoms with Crippen LogP contribution in [0.5, 0.6) is 0 Å². The van der Waals surface area contributed by atoms with Crippen molar-refractivity contribution in [2.45, 2.75) is 25.7 Å². The highest BCUT2D eigenvalue weighted by Crippen LogP contribution is 2.38. The van der Waals surface area contributed by atoms with Crippen LogP contribution in [0, 0.1) is 6.92 Å². The Labute approximate surface area is 121 Å². The Morgan fingerprint density at radius 1 is 1.19 bits per heavy atom. The van der Waals surface area contributed by atoms with E-state index >= 15 is 0 Å². The van der Waals surface area contributed by atoms with Crippen LogP contribution in [0.2, 0.25) is 0 Å². The van der Waals surface area contributed by atoms with Gasteiger partial charge in [0.25, 0.3) is 5.56 Å². The lowest BCUT2D eigenvalue weighted by atomic mass is 10.0. The normalized spacial score (nSPS) is 14.5. The van der Waals surface area contributed by atoms with E-state index in [0.717, 1.165) is 40.8 Å². The minimum atomic E-state index is -0.0464. The van der Waals surface area contributed by atoms with Crippen LogP contribution in [0.25, 0.3) is 22.2 Å². The van der Waals surface area contributed by atoms with E-state index in [2.05, 4.69) is 9.97 Å². The van der Waals surface area contributed by atoms with Crippen molar-refractivity contribution in [3.8, 4) is 11.3 Å². The molecule has 2 heterocycles. The third-order valence-corrected chi connectivity index (χ3v) is 4.02. The fraction of sp³-hybridized carbons (Fsp3) is 0.235. The van der Waals surface area contributed by atoms with E-state index in [9.17, 15) is 4.79 Å². The van der Waals surface area contributed by atoms with Crippen LogP contribution in [0.1, 0.15) is 30.1 Å². The topological polar surface area (TPSA) is 58.6 Å². The second-order valence-corrected chi connectivity index (χ2v) is 5.58. The van der Waals surface area contributed by atoms with Gasteiger partial charge in [-0.15, -0.1) is 0 Å². The standard InChI is InChI=1S/C17H15N3O/c1-10-14(19-16(12-7-8-12)20-17(10)21)13-6-2-4-11-5-3-9-18-15(11)13/h2-6,9,12H,7-8H2,1H3,(H,19,20,21). The summed E-state index contributed by atoms with van der Waals surface area (Å²) in [7, 11) is 0. The molecule has 4 nitrogen and oxygen atoms in total. The number of nitrogens with zero attached hydrogens (tertiary/aromatic N) is 2. The molecule has 0 unspecified atom stereocenters. The minimum Gasteiger partial charge on any atom is -0.310 e. The van der Waals surface area contributed by atoms with Gasteiger partial charge < -0.3 is 4.98 Å². The number of hydrogen-bond donors (Lipinski definition) is 1. The maximum Gasteiger partial charge on any atom is 0.254 e. The molecule has 0 atom stereocenters. The monoisotopic (exact) mass is 277 g/mol. The highest BCUT2D eigenvalue weighted by atomic mass is 16.1. The molecule has 1 aromatic carbocycles. The van der Waals surface area contributed by atoms with Crippen LogP contribution in [-0.4, -0.2) is 15.0 Å². The van der Waals surface area contributed by atoms with Gasteiger partial charge >= 0.3 is 0 Å². The summed E-state index contributed by atoms with van der Waals surface area (Å²) < 4.78 is 0. The summed E-state index contributed by atoms with van der Waals surface area (Å²) in [5.74, 6) is 1.23. The predicted molar refractivity (Wildman–Crippen MR) is 82.3 cm³/mol. The van der Waals surface area contributed by atoms with Crippen molar-refractivity contribution in [1.29, 1.82) is 0 Å². The quantitative estimate of drug-likeness (QED) is 0.782. The molecule has 3 aromatic rings. The molecule has 2 aromatic heterocycles. The average molecular weight is 277 g/mol. The van der Waals surface area contributed by atoms with Gasteiger partial charge in [0.1, 0.15) is 5.82 Å². The summed E-state index contributed by atoms with van der Waals surface area (Å²) in [6.07, 6.45) is 3.99. The molecule has 1 fully saturated rings. The largest absolute Gasteiger partial charge is 0.310 e. The fourth-order valence-corrected chi connectivity index (χ4v) is 2.66. The number of H-pyrrole nitrogens is 1. The molecule has 0 saturated heterocycles. The third kappa shape index (κ3) is 2.03. The molecular weight excluding hydrogens is 262 g/mol. The Morgan fingerprint density at radius 3 is 2.81 bits per heavy atom. The molecular formula is C17H15N3O. The molecule has 0 aliphatic heterocycles. The number of aromatic nitrogens is 3. The SMILES string of the molecule is Cc1c(-c2cccc3cccnc23)nc(C2CC2)[nH]c1=O. The number of para-hydroxylation sites is 1. The molecule has 1 aliphatic rings. The van der Waals surface area contributed by atoms with E-state index in [1.807, 2.05) is 37.3 Å². The first-order valence-corrected chi connectivity index (χ1v) is 7.19. The van der Waals surface area contributed by atoms with Crippen LogP contribution >= 0.6 is 0 Å². The highest BCUT2D eigenvalue weighted by Gasteiger charge is 2.27. The summed E-state index contributed by atoms with van der Waals surface area (Å²) in [4.78, 5) is 24.3. The van der Waals surface area contributed by atoms with Gasteiger partial charge in [0, 0.05) is 28.6 Å². The molecule has 0 spiro atoms. The van der Waals surface area contributed by atoms with Gasteiger partial charge in [-0.2, -0.15) is 0 Å². The van der Waals surface area contributed by atoms with Crippen LogP contribution < -0.4 is 5.56 Å². The summed E-state index contributed by atoms with van der Waals surface area (Å²) in [6.45, 7) is 1.82. The number of fused-ring (bicyclic) bond motifs is 1. The Balaban J connectivity index is 2.02. The smallest absolute Gasteiger partial charge is 0.254 e. The Kier molecular flexibility index (Phi) is 2.64. The number of nitrogens with one attached hydrogen (secondary N) is 1. The fourth-order valence-electron chi connectivity index (χ4n) is 2.66. The number of benzene rings is 1. The zero-order valence-corrected chi connectivity index (χ0v) is 11.8. The zero-order valence-electron chi connectivity index (χ0n) is 11.8. The molecule has 4 rings (SSSR count). The van der Waals surface area contributed by atoms with Crippen molar-refractivity contribution in [2.75, 3.05) is 0 Å². The molecule has 0 bridgehead atoms. The van der Waals surface area contributed by atoms with Crippen molar-refractivity contribution in [1.82, 2.24) is 15.0 Å². The lowest BCUT2D eigenvalue weighted by Gasteiger charge is -2.09. The van der Waals surface area contributed by atoms with Gasteiger partial charge in [-0.25, -0.2) is 4.98 Å². The van der Waals surface area contributed by atoms with Crippen LogP contribution in [0.15, 0.2) is 41.3 Å². The van der Waals surface area contributed by atoms with E-state index < -0.39 is 0 Å². The average Bonchev–Trinajstić information content (AvgIpc) is 3.34.